The van der Waals surface area contributed by atoms with Crippen molar-refractivity contribution in [1.82, 2.24) is 4.90 Å². The minimum Gasteiger partial charge on any atom is -0.399 e. The summed E-state index contributed by atoms with van der Waals surface area (Å²) in [6.07, 6.45) is 2.90. The number of nitrogens with zero attached hydrogens (tertiary/aromatic N) is 1. The molecule has 1 aromatic carbocycles. The highest BCUT2D eigenvalue weighted by atomic mass is 16.3. The van der Waals surface area contributed by atoms with Crippen molar-refractivity contribution in [1.29, 1.82) is 0 Å². The lowest BCUT2D eigenvalue weighted by atomic mass is 9.94. The lowest BCUT2D eigenvalue weighted by Gasteiger charge is -2.32. The minimum absolute atomic E-state index is 0.0748. The molecule has 3 N–H and O–H groups in total. The largest absolute Gasteiger partial charge is 0.399 e. The van der Waals surface area contributed by atoms with E-state index in [-0.39, 0.29) is 12.5 Å². The van der Waals surface area contributed by atoms with Gasteiger partial charge in [-0.05, 0) is 55.9 Å². The van der Waals surface area contributed by atoms with E-state index < -0.39 is 0 Å². The van der Waals surface area contributed by atoms with Gasteiger partial charge in [0.2, 0.25) is 0 Å². The summed E-state index contributed by atoms with van der Waals surface area (Å²) < 4.78 is 0. The number of benzene rings is 1. The Morgan fingerprint density at radius 1 is 1.53 bits per heavy atom. The maximum absolute atomic E-state index is 12.4. The van der Waals surface area contributed by atoms with Gasteiger partial charge in [0.25, 0.3) is 5.91 Å². The first-order valence-corrected chi connectivity index (χ1v) is 6.88. The number of carbonyl (C=O) groups excluding carboxylic acids is 1. The summed E-state index contributed by atoms with van der Waals surface area (Å²) in [5.74, 6) is 0.503. The summed E-state index contributed by atoms with van der Waals surface area (Å²) >= 11 is 0. The van der Waals surface area contributed by atoms with Crippen molar-refractivity contribution in [2.45, 2.75) is 26.2 Å². The van der Waals surface area contributed by atoms with Crippen molar-refractivity contribution in [2.24, 2.45) is 5.92 Å². The molecule has 0 radical (unpaired) electrons. The molecule has 104 valence electrons. The average molecular weight is 262 g/mol. The van der Waals surface area contributed by atoms with Crippen molar-refractivity contribution < 1.29 is 9.90 Å². The predicted molar refractivity (Wildman–Crippen MR) is 75.9 cm³/mol. The van der Waals surface area contributed by atoms with E-state index in [0.717, 1.165) is 37.9 Å². The van der Waals surface area contributed by atoms with E-state index in [0.29, 0.717) is 17.2 Å². The molecule has 2 rings (SSSR count). The summed E-state index contributed by atoms with van der Waals surface area (Å²) in [5.41, 5.74) is 8.14. The number of nitrogens with two attached hydrogens (primary N) is 1. The van der Waals surface area contributed by atoms with E-state index in [1.54, 1.807) is 12.1 Å². The number of amides is 1. The zero-order valence-corrected chi connectivity index (χ0v) is 11.4. The highest BCUT2D eigenvalue weighted by molar-refractivity contribution is 5.95. The van der Waals surface area contributed by atoms with E-state index in [9.17, 15) is 4.79 Å². The minimum atomic E-state index is 0.0748. The van der Waals surface area contributed by atoms with Crippen LogP contribution in [0.5, 0.6) is 0 Å². The molecule has 1 heterocycles. The first-order valence-electron chi connectivity index (χ1n) is 6.88. The van der Waals surface area contributed by atoms with Crippen molar-refractivity contribution in [3.8, 4) is 0 Å². The SMILES string of the molecule is Cc1cc(C(=O)N2CCCC(CCO)C2)ccc1N. The zero-order chi connectivity index (χ0) is 13.8. The molecule has 1 unspecified atom stereocenters. The fourth-order valence-corrected chi connectivity index (χ4v) is 2.66. The smallest absolute Gasteiger partial charge is 0.253 e. The van der Waals surface area contributed by atoms with E-state index >= 15 is 0 Å². The standard InChI is InChI=1S/C15H22N2O2/c1-11-9-13(4-5-14(11)16)15(19)17-7-2-3-12(10-17)6-8-18/h4-5,9,12,18H,2-3,6-8,10,16H2,1H3. The molecule has 1 aliphatic heterocycles. The van der Waals surface area contributed by atoms with Crippen LogP contribution in [0.15, 0.2) is 18.2 Å². The van der Waals surface area contributed by atoms with Crippen LogP contribution in [0.3, 0.4) is 0 Å². The lowest BCUT2D eigenvalue weighted by molar-refractivity contribution is 0.0653. The Hall–Kier alpha value is -1.55. The number of aliphatic hydroxyl groups is 1. The molecule has 0 aromatic heterocycles. The number of nitrogen functional groups attached to an aromatic ring is 1. The number of rotatable bonds is 3. The summed E-state index contributed by atoms with van der Waals surface area (Å²) in [6.45, 7) is 3.68. The number of likely N-dealkylation sites (tertiary alicyclic amines) is 1. The molecule has 1 amide bonds. The van der Waals surface area contributed by atoms with Crippen molar-refractivity contribution >= 4 is 11.6 Å². The summed E-state index contributed by atoms with van der Waals surface area (Å²) in [5, 5.41) is 9.01. The number of piperidine rings is 1. The maximum Gasteiger partial charge on any atom is 0.253 e. The van der Waals surface area contributed by atoms with Crippen LogP contribution < -0.4 is 5.73 Å². The van der Waals surface area contributed by atoms with Crippen LogP contribution in [0.2, 0.25) is 0 Å². The monoisotopic (exact) mass is 262 g/mol. The Morgan fingerprint density at radius 2 is 2.32 bits per heavy atom. The first kappa shape index (κ1) is 13.9. The van der Waals surface area contributed by atoms with Gasteiger partial charge in [0, 0.05) is 30.9 Å². The summed E-state index contributed by atoms with van der Waals surface area (Å²) in [4.78, 5) is 14.3. The van der Waals surface area contributed by atoms with Gasteiger partial charge in [-0.1, -0.05) is 0 Å². The van der Waals surface area contributed by atoms with Crippen molar-refractivity contribution in [3.05, 3.63) is 29.3 Å². The summed E-state index contributed by atoms with van der Waals surface area (Å²) in [6, 6.07) is 5.44. The fourth-order valence-electron chi connectivity index (χ4n) is 2.66. The molecule has 4 heteroatoms. The highest BCUT2D eigenvalue weighted by Gasteiger charge is 2.24. The molecule has 0 spiro atoms. The molecule has 0 saturated carbocycles. The van der Waals surface area contributed by atoms with E-state index in [4.69, 9.17) is 10.8 Å². The molecule has 1 aromatic rings. The second-order valence-electron chi connectivity index (χ2n) is 5.34. The Labute approximate surface area is 114 Å². The molecule has 0 bridgehead atoms. The Balaban J connectivity index is 2.08. The number of aliphatic hydroxyl groups excluding tert-OH is 1. The van der Waals surface area contributed by atoms with Gasteiger partial charge in [0.15, 0.2) is 0 Å². The third-order valence-electron chi connectivity index (χ3n) is 3.86. The second kappa shape index (κ2) is 6.06. The molecule has 1 aliphatic rings. The van der Waals surface area contributed by atoms with Crippen LogP contribution in [0, 0.1) is 12.8 Å². The van der Waals surface area contributed by atoms with Gasteiger partial charge in [-0.3, -0.25) is 4.79 Å². The third kappa shape index (κ3) is 3.26. The molecule has 1 fully saturated rings. The molecular weight excluding hydrogens is 240 g/mol. The molecule has 1 atom stereocenters. The zero-order valence-electron chi connectivity index (χ0n) is 11.4. The second-order valence-corrected chi connectivity index (χ2v) is 5.34. The molecule has 1 saturated heterocycles. The normalized spacial score (nSPS) is 19.5. The fraction of sp³-hybridized carbons (Fsp3) is 0.533. The van der Waals surface area contributed by atoms with E-state index in [1.165, 1.54) is 0 Å². The van der Waals surface area contributed by atoms with Gasteiger partial charge in [0.1, 0.15) is 0 Å². The third-order valence-corrected chi connectivity index (χ3v) is 3.86. The van der Waals surface area contributed by atoms with Crippen molar-refractivity contribution in [2.75, 3.05) is 25.4 Å². The maximum atomic E-state index is 12.4. The number of hydrogen-bond acceptors (Lipinski definition) is 3. The van der Waals surface area contributed by atoms with Crippen LogP contribution in [-0.2, 0) is 0 Å². The molecular formula is C15H22N2O2. The number of carbonyl (C=O) groups is 1. The van der Waals surface area contributed by atoms with E-state index in [2.05, 4.69) is 0 Å². The quantitative estimate of drug-likeness (QED) is 0.816. The van der Waals surface area contributed by atoms with Crippen molar-refractivity contribution in [3.63, 3.8) is 0 Å². The summed E-state index contributed by atoms with van der Waals surface area (Å²) in [7, 11) is 0. The van der Waals surface area contributed by atoms with Gasteiger partial charge in [-0.15, -0.1) is 0 Å². The Bertz CT molecular complexity index is 457. The van der Waals surface area contributed by atoms with Gasteiger partial charge in [-0.25, -0.2) is 0 Å². The molecule has 19 heavy (non-hydrogen) atoms. The van der Waals surface area contributed by atoms with Crippen LogP contribution >= 0.6 is 0 Å². The van der Waals surface area contributed by atoms with Gasteiger partial charge < -0.3 is 15.7 Å². The van der Waals surface area contributed by atoms with Crippen LogP contribution in [-0.4, -0.2) is 35.6 Å². The Morgan fingerprint density at radius 3 is 3.00 bits per heavy atom. The highest BCUT2D eigenvalue weighted by Crippen LogP contribution is 2.22. The molecule has 0 aliphatic carbocycles. The number of hydrogen-bond donors (Lipinski definition) is 2. The molecule has 4 nitrogen and oxygen atoms in total. The van der Waals surface area contributed by atoms with Crippen LogP contribution in [0.1, 0.15) is 35.2 Å². The number of aryl methyl sites for hydroxylation is 1. The van der Waals surface area contributed by atoms with Gasteiger partial charge in [0.05, 0.1) is 0 Å². The van der Waals surface area contributed by atoms with Crippen LogP contribution in [0.25, 0.3) is 0 Å². The first-order chi connectivity index (χ1) is 9.11. The Kier molecular flexibility index (Phi) is 4.43. The van der Waals surface area contributed by atoms with Gasteiger partial charge >= 0.3 is 0 Å². The number of anilines is 1. The van der Waals surface area contributed by atoms with Gasteiger partial charge in [-0.2, -0.15) is 0 Å². The lowest BCUT2D eigenvalue weighted by Crippen LogP contribution is -2.40. The van der Waals surface area contributed by atoms with Crippen LogP contribution in [0.4, 0.5) is 5.69 Å². The topological polar surface area (TPSA) is 66.6 Å². The average Bonchev–Trinajstić information content (AvgIpc) is 2.42. The predicted octanol–water partition coefficient (Wildman–Crippen LogP) is 1.81. The van der Waals surface area contributed by atoms with E-state index in [1.807, 2.05) is 17.9 Å².